The molecule has 0 saturated carbocycles. The largest absolute Gasteiger partial charge is 0.497 e. The summed E-state index contributed by atoms with van der Waals surface area (Å²) in [4.78, 5) is 4.37. The molecule has 114 valence electrons. The molecule has 3 rings (SSSR count). The highest BCUT2D eigenvalue weighted by Gasteiger charge is 2.17. The normalized spacial score (nSPS) is 11.5. The summed E-state index contributed by atoms with van der Waals surface area (Å²) in [6.45, 7) is 0. The van der Waals surface area contributed by atoms with E-state index in [0.717, 1.165) is 4.70 Å². The topological polar surface area (TPSA) is 68.3 Å². The van der Waals surface area contributed by atoms with Gasteiger partial charge in [0.05, 0.1) is 21.7 Å². The second-order valence-corrected chi connectivity index (χ2v) is 7.51. The maximum Gasteiger partial charge on any atom is 0.263 e. The maximum absolute atomic E-state index is 12.3. The summed E-state index contributed by atoms with van der Waals surface area (Å²) in [5.74, 6) is 0.589. The molecule has 5 nitrogen and oxygen atoms in total. The SMILES string of the molecule is COc1ccc(S(=O)(=O)Nc2nc3c(Cl)cccc3s2)cc1. The van der Waals surface area contributed by atoms with Crippen LogP contribution in [0.1, 0.15) is 0 Å². The Morgan fingerprint density at radius 1 is 1.18 bits per heavy atom. The van der Waals surface area contributed by atoms with E-state index in [2.05, 4.69) is 9.71 Å². The Balaban J connectivity index is 1.93. The van der Waals surface area contributed by atoms with Gasteiger partial charge in [-0.25, -0.2) is 13.4 Å². The first kappa shape index (κ1) is 15.1. The lowest BCUT2D eigenvalue weighted by Crippen LogP contribution is -2.12. The van der Waals surface area contributed by atoms with Crippen molar-refractivity contribution in [2.45, 2.75) is 4.90 Å². The fourth-order valence-electron chi connectivity index (χ4n) is 1.89. The minimum absolute atomic E-state index is 0.138. The smallest absolute Gasteiger partial charge is 0.263 e. The first-order valence-corrected chi connectivity index (χ1v) is 8.89. The number of para-hydroxylation sites is 1. The molecule has 0 fully saturated rings. The number of fused-ring (bicyclic) bond motifs is 1. The molecule has 0 bridgehead atoms. The molecule has 1 N–H and O–H groups in total. The van der Waals surface area contributed by atoms with Crippen LogP contribution in [0.5, 0.6) is 5.75 Å². The number of rotatable bonds is 4. The minimum atomic E-state index is -3.70. The fourth-order valence-corrected chi connectivity index (χ4v) is 4.29. The van der Waals surface area contributed by atoms with Gasteiger partial charge in [-0.3, -0.25) is 4.72 Å². The van der Waals surface area contributed by atoms with Crippen LogP contribution in [0.15, 0.2) is 47.4 Å². The van der Waals surface area contributed by atoms with Crippen molar-refractivity contribution in [1.82, 2.24) is 4.98 Å². The van der Waals surface area contributed by atoms with Crippen LogP contribution in [-0.2, 0) is 10.0 Å². The number of anilines is 1. The molecule has 0 atom stereocenters. The molecule has 2 aromatic carbocycles. The highest BCUT2D eigenvalue weighted by atomic mass is 35.5. The van der Waals surface area contributed by atoms with Crippen molar-refractivity contribution in [2.24, 2.45) is 0 Å². The van der Waals surface area contributed by atoms with E-state index < -0.39 is 10.0 Å². The van der Waals surface area contributed by atoms with Crippen molar-refractivity contribution in [3.05, 3.63) is 47.5 Å². The van der Waals surface area contributed by atoms with Crippen LogP contribution in [0.2, 0.25) is 5.02 Å². The van der Waals surface area contributed by atoms with Gasteiger partial charge in [-0.15, -0.1) is 0 Å². The van der Waals surface area contributed by atoms with Gasteiger partial charge in [-0.1, -0.05) is 29.0 Å². The Bertz CT molecular complexity index is 921. The maximum atomic E-state index is 12.3. The number of hydrogen-bond acceptors (Lipinski definition) is 5. The first-order valence-electron chi connectivity index (χ1n) is 6.21. The molecule has 1 aromatic heterocycles. The van der Waals surface area contributed by atoms with Crippen LogP contribution in [0, 0.1) is 0 Å². The number of aromatic nitrogens is 1. The van der Waals surface area contributed by atoms with E-state index in [1.165, 1.54) is 30.6 Å². The lowest BCUT2D eigenvalue weighted by Gasteiger charge is -2.05. The lowest BCUT2D eigenvalue weighted by atomic mass is 10.3. The molecule has 0 saturated heterocycles. The van der Waals surface area contributed by atoms with Crippen LogP contribution in [-0.4, -0.2) is 20.5 Å². The summed E-state index contributed by atoms with van der Waals surface area (Å²) in [6.07, 6.45) is 0. The zero-order valence-electron chi connectivity index (χ0n) is 11.4. The average molecular weight is 355 g/mol. The standard InChI is InChI=1S/C14H11ClN2O3S2/c1-20-9-5-7-10(8-6-9)22(18,19)17-14-16-13-11(15)3-2-4-12(13)21-14/h2-8H,1H3,(H,16,17). The molecule has 0 spiro atoms. The zero-order chi connectivity index (χ0) is 15.7. The third-order valence-electron chi connectivity index (χ3n) is 2.96. The van der Waals surface area contributed by atoms with E-state index in [1.54, 1.807) is 24.3 Å². The summed E-state index contributed by atoms with van der Waals surface area (Å²) in [5.41, 5.74) is 0.585. The average Bonchev–Trinajstić information content (AvgIpc) is 2.90. The highest BCUT2D eigenvalue weighted by Crippen LogP contribution is 2.31. The van der Waals surface area contributed by atoms with E-state index in [0.29, 0.717) is 16.3 Å². The number of thiazole rings is 1. The molecule has 1 heterocycles. The Kier molecular flexibility index (Phi) is 3.94. The van der Waals surface area contributed by atoms with Crippen LogP contribution in [0.3, 0.4) is 0 Å². The van der Waals surface area contributed by atoms with Gasteiger partial charge in [-0.2, -0.15) is 0 Å². The first-order chi connectivity index (χ1) is 10.5. The second-order valence-electron chi connectivity index (χ2n) is 4.39. The molecule has 0 aliphatic heterocycles. The third-order valence-corrected chi connectivity index (χ3v) is 5.69. The number of nitrogens with zero attached hydrogens (tertiary/aromatic N) is 1. The number of methoxy groups -OCH3 is 1. The predicted molar refractivity (Wildman–Crippen MR) is 88.4 cm³/mol. The number of ether oxygens (including phenoxy) is 1. The van der Waals surface area contributed by atoms with Crippen molar-refractivity contribution in [3.63, 3.8) is 0 Å². The number of sulfonamides is 1. The van der Waals surface area contributed by atoms with Gasteiger partial charge in [0.1, 0.15) is 11.3 Å². The summed E-state index contributed by atoms with van der Waals surface area (Å²) in [5, 5.41) is 0.766. The van der Waals surface area contributed by atoms with E-state index in [1.807, 2.05) is 6.07 Å². The van der Waals surface area contributed by atoms with Crippen LogP contribution in [0.25, 0.3) is 10.2 Å². The molecule has 0 unspecified atom stereocenters. The number of nitrogens with one attached hydrogen (secondary N) is 1. The van der Waals surface area contributed by atoms with Gasteiger partial charge in [0.2, 0.25) is 0 Å². The number of halogens is 1. The van der Waals surface area contributed by atoms with Crippen LogP contribution >= 0.6 is 22.9 Å². The van der Waals surface area contributed by atoms with Gasteiger partial charge in [0.25, 0.3) is 10.0 Å². The molecule has 8 heteroatoms. The monoisotopic (exact) mass is 354 g/mol. The molecule has 3 aromatic rings. The fraction of sp³-hybridized carbons (Fsp3) is 0.0714. The lowest BCUT2D eigenvalue weighted by molar-refractivity contribution is 0.414. The van der Waals surface area contributed by atoms with Crippen molar-refractivity contribution < 1.29 is 13.2 Å². The molecule has 22 heavy (non-hydrogen) atoms. The van der Waals surface area contributed by atoms with Crippen molar-refractivity contribution in [3.8, 4) is 5.75 Å². The Labute approximate surface area is 136 Å². The Morgan fingerprint density at radius 3 is 2.55 bits per heavy atom. The molecular formula is C14H11ClN2O3S2. The molecular weight excluding hydrogens is 344 g/mol. The second kappa shape index (κ2) is 5.75. The molecule has 0 aliphatic carbocycles. The van der Waals surface area contributed by atoms with E-state index in [9.17, 15) is 8.42 Å². The van der Waals surface area contributed by atoms with Crippen molar-refractivity contribution in [2.75, 3.05) is 11.8 Å². The predicted octanol–water partition coefficient (Wildman–Crippen LogP) is 3.76. The summed E-state index contributed by atoms with van der Waals surface area (Å²) in [6, 6.07) is 11.5. The molecule has 0 amide bonds. The Hall–Kier alpha value is -1.83. The third kappa shape index (κ3) is 2.87. The molecule has 0 radical (unpaired) electrons. The van der Waals surface area contributed by atoms with Gasteiger partial charge in [-0.05, 0) is 36.4 Å². The van der Waals surface area contributed by atoms with Gasteiger partial charge in [0, 0.05) is 0 Å². The number of hydrogen-bond donors (Lipinski definition) is 1. The van der Waals surface area contributed by atoms with E-state index in [-0.39, 0.29) is 10.0 Å². The summed E-state index contributed by atoms with van der Waals surface area (Å²) >= 11 is 7.28. The van der Waals surface area contributed by atoms with E-state index >= 15 is 0 Å². The van der Waals surface area contributed by atoms with Crippen LogP contribution < -0.4 is 9.46 Å². The number of benzene rings is 2. The minimum Gasteiger partial charge on any atom is -0.497 e. The zero-order valence-corrected chi connectivity index (χ0v) is 13.8. The van der Waals surface area contributed by atoms with E-state index in [4.69, 9.17) is 16.3 Å². The van der Waals surface area contributed by atoms with Crippen LogP contribution in [0.4, 0.5) is 5.13 Å². The van der Waals surface area contributed by atoms with Gasteiger partial charge in [0.15, 0.2) is 5.13 Å². The van der Waals surface area contributed by atoms with Gasteiger partial charge < -0.3 is 4.74 Å². The van der Waals surface area contributed by atoms with Crippen molar-refractivity contribution in [1.29, 1.82) is 0 Å². The summed E-state index contributed by atoms with van der Waals surface area (Å²) < 4.78 is 33.0. The summed E-state index contributed by atoms with van der Waals surface area (Å²) in [7, 11) is -2.18. The Morgan fingerprint density at radius 2 is 1.91 bits per heavy atom. The van der Waals surface area contributed by atoms with Gasteiger partial charge >= 0.3 is 0 Å². The molecule has 0 aliphatic rings. The van der Waals surface area contributed by atoms with Crippen molar-refractivity contribution >= 4 is 48.3 Å². The highest BCUT2D eigenvalue weighted by molar-refractivity contribution is 7.93. The quantitative estimate of drug-likeness (QED) is 0.774.